The van der Waals surface area contributed by atoms with E-state index in [4.69, 9.17) is 11.6 Å². The van der Waals surface area contributed by atoms with Crippen LogP contribution in [0.3, 0.4) is 0 Å². The second-order valence-electron chi connectivity index (χ2n) is 6.35. The molecule has 3 rings (SSSR count). The van der Waals surface area contributed by atoms with Crippen LogP contribution in [0.4, 0.5) is 4.79 Å². The number of carbonyl (C=O) groups is 3. The fraction of sp³-hybridized carbons (Fsp3) is 0.250. The lowest BCUT2D eigenvalue weighted by Crippen LogP contribution is -2.44. The monoisotopic (exact) mass is 385 g/mol. The molecular weight excluding hydrogens is 366 g/mol. The molecular formula is C20H20ClN3O3. The highest BCUT2D eigenvalue weighted by Crippen LogP contribution is 2.32. The van der Waals surface area contributed by atoms with Crippen LogP contribution in [-0.4, -0.2) is 29.3 Å². The zero-order valence-electron chi connectivity index (χ0n) is 14.9. The highest BCUT2D eigenvalue weighted by atomic mass is 35.5. The van der Waals surface area contributed by atoms with Crippen molar-refractivity contribution >= 4 is 29.4 Å². The topological polar surface area (TPSA) is 78.5 Å². The normalized spacial score (nSPS) is 19.1. The molecule has 1 saturated heterocycles. The van der Waals surface area contributed by atoms with Crippen molar-refractivity contribution in [3.63, 3.8) is 0 Å². The fourth-order valence-electron chi connectivity index (χ4n) is 3.13. The second-order valence-corrected chi connectivity index (χ2v) is 6.79. The number of hydrogen-bond acceptors (Lipinski definition) is 3. The van der Waals surface area contributed by atoms with Crippen molar-refractivity contribution in [2.24, 2.45) is 0 Å². The van der Waals surface area contributed by atoms with Crippen LogP contribution in [-0.2, 0) is 21.7 Å². The van der Waals surface area contributed by atoms with Crippen LogP contribution in [0.2, 0.25) is 5.02 Å². The number of rotatable bonds is 6. The summed E-state index contributed by atoms with van der Waals surface area (Å²) in [6.07, 6.45) is 0.393. The summed E-state index contributed by atoms with van der Waals surface area (Å²) in [4.78, 5) is 38.6. The molecule has 0 aromatic heterocycles. The van der Waals surface area contributed by atoms with Gasteiger partial charge in [0, 0.05) is 11.6 Å². The van der Waals surface area contributed by atoms with Crippen LogP contribution in [0.5, 0.6) is 0 Å². The molecule has 0 unspecified atom stereocenters. The lowest BCUT2D eigenvalue weighted by molar-refractivity contribution is -0.135. The Morgan fingerprint density at radius 1 is 1.11 bits per heavy atom. The number of carbonyl (C=O) groups excluding carboxylic acids is 3. The molecule has 2 N–H and O–H groups in total. The van der Waals surface area contributed by atoms with Gasteiger partial charge in [-0.2, -0.15) is 0 Å². The van der Waals surface area contributed by atoms with Crippen LogP contribution < -0.4 is 10.6 Å². The maximum Gasteiger partial charge on any atom is 0.325 e. The number of nitrogens with zero attached hydrogens (tertiary/aromatic N) is 1. The zero-order valence-corrected chi connectivity index (χ0v) is 15.6. The first-order chi connectivity index (χ1) is 13.0. The average Bonchev–Trinajstić information content (AvgIpc) is 2.93. The minimum atomic E-state index is -1.13. The zero-order chi connectivity index (χ0) is 19.4. The minimum Gasteiger partial charge on any atom is -0.350 e. The van der Waals surface area contributed by atoms with Gasteiger partial charge in [-0.25, -0.2) is 4.79 Å². The van der Waals surface area contributed by atoms with Gasteiger partial charge in [0.15, 0.2) is 0 Å². The van der Waals surface area contributed by atoms with Gasteiger partial charge in [0.05, 0.1) is 0 Å². The van der Waals surface area contributed by atoms with Gasteiger partial charge in [-0.3, -0.25) is 14.5 Å². The van der Waals surface area contributed by atoms with Crippen molar-refractivity contribution in [2.75, 3.05) is 6.54 Å². The van der Waals surface area contributed by atoms with E-state index >= 15 is 0 Å². The third-order valence-electron chi connectivity index (χ3n) is 4.68. The van der Waals surface area contributed by atoms with Crippen LogP contribution in [0.1, 0.15) is 24.5 Å². The van der Waals surface area contributed by atoms with Crippen LogP contribution in [0.25, 0.3) is 0 Å². The van der Waals surface area contributed by atoms with Crippen LogP contribution in [0, 0.1) is 0 Å². The van der Waals surface area contributed by atoms with Crippen molar-refractivity contribution in [3.8, 4) is 0 Å². The molecule has 6 nitrogen and oxygen atoms in total. The Morgan fingerprint density at radius 2 is 1.78 bits per heavy atom. The lowest BCUT2D eigenvalue weighted by atomic mass is 9.87. The van der Waals surface area contributed by atoms with E-state index in [2.05, 4.69) is 10.6 Å². The Labute approximate surface area is 162 Å². The third-order valence-corrected chi connectivity index (χ3v) is 4.93. The standard InChI is InChI=1S/C20H20ClN3O3/c1-2-20(15-6-4-3-5-7-15)18(26)24(19(27)23-20)13-17(25)22-12-14-8-10-16(21)11-9-14/h3-11H,2,12-13H2,1H3,(H,22,25)(H,23,27)/t20-/m1/s1. The van der Waals surface area contributed by atoms with Gasteiger partial charge in [-0.1, -0.05) is 61.0 Å². The van der Waals surface area contributed by atoms with Gasteiger partial charge in [0.2, 0.25) is 5.91 Å². The van der Waals surface area contributed by atoms with Crippen molar-refractivity contribution in [1.82, 2.24) is 15.5 Å². The average molecular weight is 386 g/mol. The molecule has 1 heterocycles. The molecule has 0 saturated carbocycles. The smallest absolute Gasteiger partial charge is 0.325 e. The second kappa shape index (κ2) is 7.80. The molecule has 0 bridgehead atoms. The van der Waals surface area contributed by atoms with E-state index in [-0.39, 0.29) is 13.1 Å². The van der Waals surface area contributed by atoms with Crippen molar-refractivity contribution in [3.05, 3.63) is 70.7 Å². The first-order valence-electron chi connectivity index (χ1n) is 8.67. The lowest BCUT2D eigenvalue weighted by Gasteiger charge is -2.25. The van der Waals surface area contributed by atoms with E-state index in [1.165, 1.54) is 0 Å². The largest absolute Gasteiger partial charge is 0.350 e. The number of halogens is 1. The Hall–Kier alpha value is -2.86. The number of benzene rings is 2. The fourth-order valence-corrected chi connectivity index (χ4v) is 3.26. The summed E-state index contributed by atoms with van der Waals surface area (Å²) < 4.78 is 0. The molecule has 1 aliphatic heterocycles. The molecule has 0 spiro atoms. The third kappa shape index (κ3) is 3.80. The van der Waals surface area contributed by atoms with Gasteiger partial charge in [0.1, 0.15) is 12.1 Å². The van der Waals surface area contributed by atoms with E-state index in [0.29, 0.717) is 17.0 Å². The molecule has 140 valence electrons. The Morgan fingerprint density at radius 3 is 2.41 bits per heavy atom. The maximum absolute atomic E-state index is 13.0. The molecule has 1 aliphatic rings. The van der Waals surface area contributed by atoms with Gasteiger partial charge in [-0.15, -0.1) is 0 Å². The molecule has 4 amide bonds. The van der Waals surface area contributed by atoms with Crippen molar-refractivity contribution < 1.29 is 14.4 Å². The van der Waals surface area contributed by atoms with E-state index < -0.39 is 23.4 Å². The Kier molecular flexibility index (Phi) is 5.46. The van der Waals surface area contributed by atoms with Crippen molar-refractivity contribution in [1.29, 1.82) is 0 Å². The Balaban J connectivity index is 1.68. The number of hydrogen-bond donors (Lipinski definition) is 2. The molecule has 2 aromatic rings. The van der Waals surface area contributed by atoms with E-state index in [1.807, 2.05) is 25.1 Å². The predicted molar refractivity (Wildman–Crippen MR) is 102 cm³/mol. The minimum absolute atomic E-state index is 0.289. The summed E-state index contributed by atoms with van der Waals surface area (Å²) in [5.41, 5.74) is 0.446. The number of urea groups is 1. The molecule has 0 aliphatic carbocycles. The predicted octanol–water partition coefficient (Wildman–Crippen LogP) is 2.81. The van der Waals surface area contributed by atoms with Crippen LogP contribution >= 0.6 is 11.6 Å². The van der Waals surface area contributed by atoms with Crippen molar-refractivity contribution in [2.45, 2.75) is 25.4 Å². The van der Waals surface area contributed by atoms with Gasteiger partial charge < -0.3 is 10.6 Å². The molecule has 7 heteroatoms. The van der Waals surface area contributed by atoms with Gasteiger partial charge in [-0.05, 0) is 29.7 Å². The highest BCUT2D eigenvalue weighted by Gasteiger charge is 2.51. The van der Waals surface area contributed by atoms with E-state index in [1.54, 1.807) is 36.4 Å². The summed E-state index contributed by atoms with van der Waals surface area (Å²) in [6, 6.07) is 15.6. The van der Waals surface area contributed by atoms with E-state index in [0.717, 1.165) is 10.5 Å². The van der Waals surface area contributed by atoms with Crippen LogP contribution in [0.15, 0.2) is 54.6 Å². The maximum atomic E-state index is 13.0. The molecule has 27 heavy (non-hydrogen) atoms. The van der Waals surface area contributed by atoms with E-state index in [9.17, 15) is 14.4 Å². The quantitative estimate of drug-likeness (QED) is 0.750. The highest BCUT2D eigenvalue weighted by molar-refractivity contribution is 6.30. The molecule has 1 fully saturated rings. The summed E-state index contributed by atoms with van der Waals surface area (Å²) in [7, 11) is 0. The molecule has 2 aromatic carbocycles. The number of nitrogens with one attached hydrogen (secondary N) is 2. The number of amides is 4. The SMILES string of the molecule is CC[C@]1(c2ccccc2)NC(=O)N(CC(=O)NCc2ccc(Cl)cc2)C1=O. The van der Waals surface area contributed by atoms with Gasteiger partial charge in [0.25, 0.3) is 5.91 Å². The summed E-state index contributed by atoms with van der Waals surface area (Å²) in [5.74, 6) is -0.823. The summed E-state index contributed by atoms with van der Waals surface area (Å²) >= 11 is 5.83. The Bertz CT molecular complexity index is 855. The molecule has 1 atom stereocenters. The number of imide groups is 1. The first kappa shape index (κ1) is 18.9. The molecule has 0 radical (unpaired) electrons. The van der Waals surface area contributed by atoms with Gasteiger partial charge >= 0.3 is 6.03 Å². The summed E-state index contributed by atoms with van der Waals surface area (Å²) in [5, 5.41) is 6.09. The summed E-state index contributed by atoms with van der Waals surface area (Å²) in [6.45, 7) is 1.79. The first-order valence-corrected chi connectivity index (χ1v) is 9.05.